The van der Waals surface area contributed by atoms with Crippen molar-refractivity contribution in [2.45, 2.75) is 19.8 Å². The Kier molecular flexibility index (Phi) is 6.82. The zero-order chi connectivity index (χ0) is 19.1. The highest BCUT2D eigenvalue weighted by atomic mass is 19.1. The van der Waals surface area contributed by atoms with Crippen LogP contribution in [0.15, 0.2) is 30.0 Å². The third-order valence-corrected chi connectivity index (χ3v) is 4.03. The maximum atomic E-state index is 14.0. The van der Waals surface area contributed by atoms with Crippen LogP contribution in [0, 0.1) is 11.7 Å². The SMILES string of the molecule is CCOc1cccc(F)c1OC[C@H]1CCCN(/C(=C\C(=O)O)C(=O)O)C1. The summed E-state index contributed by atoms with van der Waals surface area (Å²) in [7, 11) is 0. The van der Waals surface area contributed by atoms with Crippen LogP contribution in [0.2, 0.25) is 0 Å². The van der Waals surface area contributed by atoms with Gasteiger partial charge in [-0.1, -0.05) is 6.07 Å². The first-order valence-corrected chi connectivity index (χ1v) is 8.39. The van der Waals surface area contributed by atoms with Gasteiger partial charge in [0.2, 0.25) is 0 Å². The predicted molar refractivity (Wildman–Crippen MR) is 90.7 cm³/mol. The van der Waals surface area contributed by atoms with Crippen molar-refractivity contribution < 1.29 is 33.7 Å². The minimum absolute atomic E-state index is 0.0333. The normalized spacial score (nSPS) is 17.7. The fraction of sp³-hybridized carbons (Fsp3) is 0.444. The zero-order valence-corrected chi connectivity index (χ0v) is 14.5. The van der Waals surface area contributed by atoms with E-state index in [-0.39, 0.29) is 24.0 Å². The number of carboxylic acid groups (broad SMARTS) is 2. The molecule has 7 nitrogen and oxygen atoms in total. The summed E-state index contributed by atoms with van der Waals surface area (Å²) in [4.78, 5) is 23.7. The fourth-order valence-electron chi connectivity index (χ4n) is 2.92. The van der Waals surface area contributed by atoms with Gasteiger partial charge in [0.05, 0.1) is 19.3 Å². The number of aliphatic carboxylic acids is 2. The van der Waals surface area contributed by atoms with Crippen molar-refractivity contribution in [3.8, 4) is 11.5 Å². The average Bonchev–Trinajstić information content (AvgIpc) is 2.59. The summed E-state index contributed by atoms with van der Waals surface area (Å²) in [5, 5.41) is 18.1. The van der Waals surface area contributed by atoms with Crippen LogP contribution < -0.4 is 9.47 Å². The van der Waals surface area contributed by atoms with Crippen molar-refractivity contribution in [1.29, 1.82) is 0 Å². The molecule has 1 aliphatic rings. The number of nitrogens with zero attached hydrogens (tertiary/aromatic N) is 1. The zero-order valence-electron chi connectivity index (χ0n) is 14.5. The van der Waals surface area contributed by atoms with Gasteiger partial charge in [0, 0.05) is 19.0 Å². The molecule has 1 saturated heterocycles. The van der Waals surface area contributed by atoms with Gasteiger partial charge in [-0.05, 0) is 31.9 Å². The molecule has 0 aromatic heterocycles. The van der Waals surface area contributed by atoms with Gasteiger partial charge in [-0.15, -0.1) is 0 Å². The highest BCUT2D eigenvalue weighted by molar-refractivity contribution is 5.94. The first-order valence-electron chi connectivity index (χ1n) is 8.39. The van der Waals surface area contributed by atoms with Crippen molar-refractivity contribution in [3.63, 3.8) is 0 Å². The van der Waals surface area contributed by atoms with Crippen LogP contribution in [0.3, 0.4) is 0 Å². The van der Waals surface area contributed by atoms with Crippen LogP contribution in [0.25, 0.3) is 0 Å². The molecule has 0 radical (unpaired) electrons. The van der Waals surface area contributed by atoms with E-state index < -0.39 is 17.8 Å². The number of halogens is 1. The second kappa shape index (κ2) is 9.07. The molecule has 1 atom stereocenters. The Balaban J connectivity index is 2.05. The van der Waals surface area contributed by atoms with Crippen LogP contribution >= 0.6 is 0 Å². The smallest absolute Gasteiger partial charge is 0.352 e. The molecule has 0 bridgehead atoms. The monoisotopic (exact) mass is 367 g/mol. The van der Waals surface area contributed by atoms with Gasteiger partial charge in [-0.2, -0.15) is 0 Å². The van der Waals surface area contributed by atoms with E-state index in [1.54, 1.807) is 13.0 Å². The molecule has 8 heteroatoms. The van der Waals surface area contributed by atoms with Gasteiger partial charge < -0.3 is 24.6 Å². The van der Waals surface area contributed by atoms with Crippen molar-refractivity contribution >= 4 is 11.9 Å². The second-order valence-corrected chi connectivity index (χ2v) is 5.94. The van der Waals surface area contributed by atoms with Crippen molar-refractivity contribution in [2.75, 3.05) is 26.3 Å². The topological polar surface area (TPSA) is 96.3 Å². The van der Waals surface area contributed by atoms with Crippen molar-refractivity contribution in [2.24, 2.45) is 5.92 Å². The molecule has 2 rings (SSSR count). The molecule has 0 aliphatic carbocycles. The second-order valence-electron chi connectivity index (χ2n) is 5.94. The van der Waals surface area contributed by atoms with Crippen LogP contribution in [-0.4, -0.2) is 53.4 Å². The first kappa shape index (κ1) is 19.6. The number of hydrogen-bond donors (Lipinski definition) is 2. The van der Waals surface area contributed by atoms with E-state index in [1.807, 2.05) is 0 Å². The van der Waals surface area contributed by atoms with E-state index in [1.165, 1.54) is 17.0 Å². The largest absolute Gasteiger partial charge is 0.490 e. The number of para-hydroxylation sites is 1. The van der Waals surface area contributed by atoms with Crippen LogP contribution in [0.4, 0.5) is 4.39 Å². The molecule has 26 heavy (non-hydrogen) atoms. The van der Waals surface area contributed by atoms with E-state index in [0.717, 1.165) is 6.42 Å². The molecule has 0 saturated carbocycles. The van der Waals surface area contributed by atoms with Gasteiger partial charge in [-0.25, -0.2) is 14.0 Å². The Morgan fingerprint density at radius 1 is 1.35 bits per heavy atom. The third-order valence-electron chi connectivity index (χ3n) is 4.03. The summed E-state index contributed by atoms with van der Waals surface area (Å²) in [6, 6.07) is 4.43. The fourth-order valence-corrected chi connectivity index (χ4v) is 2.92. The van der Waals surface area contributed by atoms with Crippen molar-refractivity contribution in [3.05, 3.63) is 35.8 Å². The van der Waals surface area contributed by atoms with Crippen LogP contribution in [0.5, 0.6) is 11.5 Å². The highest BCUT2D eigenvalue weighted by Gasteiger charge is 2.26. The van der Waals surface area contributed by atoms with E-state index in [4.69, 9.17) is 14.6 Å². The molecule has 1 heterocycles. The van der Waals surface area contributed by atoms with Gasteiger partial charge in [0.1, 0.15) is 5.70 Å². The molecular formula is C18H22FNO6. The maximum absolute atomic E-state index is 14.0. The number of hydrogen-bond acceptors (Lipinski definition) is 5. The Labute approximate surface area is 150 Å². The van der Waals surface area contributed by atoms with E-state index >= 15 is 0 Å². The van der Waals surface area contributed by atoms with E-state index in [2.05, 4.69) is 0 Å². The van der Waals surface area contributed by atoms with Gasteiger partial charge in [0.25, 0.3) is 0 Å². The number of ether oxygens (including phenoxy) is 2. The number of benzene rings is 1. The van der Waals surface area contributed by atoms with Crippen LogP contribution in [-0.2, 0) is 9.59 Å². The number of rotatable bonds is 8. The summed E-state index contributed by atoms with van der Waals surface area (Å²) in [6.45, 7) is 3.11. The minimum Gasteiger partial charge on any atom is -0.490 e. The lowest BCUT2D eigenvalue weighted by Gasteiger charge is -2.34. The van der Waals surface area contributed by atoms with E-state index in [0.29, 0.717) is 37.9 Å². The van der Waals surface area contributed by atoms with Crippen LogP contribution in [0.1, 0.15) is 19.8 Å². The number of piperidine rings is 1. The molecule has 0 unspecified atom stereocenters. The Hall–Kier alpha value is -2.77. The predicted octanol–water partition coefficient (Wildman–Crippen LogP) is 2.37. The summed E-state index contributed by atoms with van der Waals surface area (Å²) < 4.78 is 25.0. The Morgan fingerprint density at radius 3 is 2.77 bits per heavy atom. The number of likely N-dealkylation sites (tertiary alicyclic amines) is 1. The lowest BCUT2D eigenvalue weighted by Crippen LogP contribution is -2.39. The summed E-state index contributed by atoms with van der Waals surface area (Å²) >= 11 is 0. The molecule has 1 fully saturated rings. The minimum atomic E-state index is -1.31. The molecule has 1 aliphatic heterocycles. The lowest BCUT2D eigenvalue weighted by molar-refractivity contribution is -0.136. The molecule has 1 aromatic carbocycles. The summed E-state index contributed by atoms with van der Waals surface area (Å²) in [5.41, 5.74) is -0.261. The van der Waals surface area contributed by atoms with Gasteiger partial charge >= 0.3 is 11.9 Å². The lowest BCUT2D eigenvalue weighted by atomic mass is 9.98. The van der Waals surface area contributed by atoms with Gasteiger partial charge in [-0.3, -0.25) is 0 Å². The first-order chi connectivity index (χ1) is 12.4. The molecular weight excluding hydrogens is 345 g/mol. The molecule has 0 amide bonds. The molecule has 0 spiro atoms. The highest BCUT2D eigenvalue weighted by Crippen LogP contribution is 2.31. The standard InChI is InChI=1S/C18H22FNO6/c1-2-25-15-7-3-6-13(19)17(15)26-11-12-5-4-8-20(10-12)14(18(23)24)9-16(21)22/h3,6-7,9,12H,2,4-5,8,10-11H2,1H3,(H,21,22)(H,23,24)/b14-9-/t12-/m0/s1. The summed E-state index contributed by atoms with van der Waals surface area (Å²) in [6.07, 6.45) is 2.15. The van der Waals surface area contributed by atoms with E-state index in [9.17, 15) is 19.1 Å². The molecule has 1 aromatic rings. The number of carbonyl (C=O) groups is 2. The third kappa shape index (κ3) is 5.11. The molecule has 142 valence electrons. The van der Waals surface area contributed by atoms with Gasteiger partial charge in [0.15, 0.2) is 17.3 Å². The Morgan fingerprint density at radius 2 is 2.12 bits per heavy atom. The quantitative estimate of drug-likeness (QED) is 0.681. The summed E-state index contributed by atoms with van der Waals surface area (Å²) in [5.74, 6) is -2.84. The van der Waals surface area contributed by atoms with Crippen molar-refractivity contribution in [1.82, 2.24) is 4.90 Å². The molecule has 2 N–H and O–H groups in total. The Bertz CT molecular complexity index is 690. The number of carboxylic acids is 2. The average molecular weight is 367 g/mol. The maximum Gasteiger partial charge on any atom is 0.352 e.